The van der Waals surface area contributed by atoms with Crippen molar-refractivity contribution < 1.29 is 26.3 Å². The van der Waals surface area contributed by atoms with Crippen molar-refractivity contribution in [1.29, 1.82) is 0 Å². The molecule has 0 amide bonds. The summed E-state index contributed by atoms with van der Waals surface area (Å²) in [6.07, 6.45) is -4.97. The van der Waals surface area contributed by atoms with Crippen molar-refractivity contribution in [3.05, 3.63) is 51.8 Å². The number of halogens is 6. The molecule has 1 N–H and O–H groups in total. The SMILES string of the molecule is O=c1cc(-c2cc(F)c(F)cc2F)nc(C(F)(F)F)[nH]1. The van der Waals surface area contributed by atoms with E-state index < -0.39 is 46.3 Å². The summed E-state index contributed by atoms with van der Waals surface area (Å²) >= 11 is 0. The van der Waals surface area contributed by atoms with Gasteiger partial charge in [0, 0.05) is 17.7 Å². The predicted octanol–water partition coefficient (Wildman–Crippen LogP) is 2.87. The van der Waals surface area contributed by atoms with Crippen LogP contribution in [0.1, 0.15) is 5.82 Å². The van der Waals surface area contributed by atoms with Crippen LogP contribution in [-0.2, 0) is 6.18 Å². The minimum atomic E-state index is -4.97. The van der Waals surface area contributed by atoms with E-state index in [9.17, 15) is 31.1 Å². The molecular weight excluding hydrogens is 290 g/mol. The maximum Gasteiger partial charge on any atom is 0.449 e. The van der Waals surface area contributed by atoms with Gasteiger partial charge in [0.1, 0.15) is 5.82 Å². The average Bonchev–Trinajstić information content (AvgIpc) is 2.32. The van der Waals surface area contributed by atoms with Crippen molar-refractivity contribution in [2.24, 2.45) is 0 Å². The van der Waals surface area contributed by atoms with Gasteiger partial charge in [0.2, 0.25) is 5.82 Å². The van der Waals surface area contributed by atoms with E-state index in [1.165, 1.54) is 4.98 Å². The highest BCUT2D eigenvalue weighted by Crippen LogP contribution is 2.28. The van der Waals surface area contributed by atoms with Gasteiger partial charge in [-0.2, -0.15) is 13.2 Å². The minimum Gasteiger partial charge on any atom is -0.303 e. The molecule has 1 aromatic heterocycles. The lowest BCUT2D eigenvalue weighted by Crippen LogP contribution is -2.19. The van der Waals surface area contributed by atoms with Crippen LogP contribution in [0.3, 0.4) is 0 Å². The molecule has 0 saturated carbocycles. The van der Waals surface area contributed by atoms with E-state index >= 15 is 0 Å². The van der Waals surface area contributed by atoms with Gasteiger partial charge in [-0.15, -0.1) is 0 Å². The maximum atomic E-state index is 13.4. The number of nitrogens with zero attached hydrogens (tertiary/aromatic N) is 1. The number of rotatable bonds is 1. The van der Waals surface area contributed by atoms with E-state index in [0.29, 0.717) is 12.1 Å². The second-order valence-electron chi connectivity index (χ2n) is 3.72. The monoisotopic (exact) mass is 294 g/mol. The predicted molar refractivity (Wildman–Crippen MR) is 55.2 cm³/mol. The number of nitrogens with one attached hydrogen (secondary N) is 1. The standard InChI is InChI=1S/C11H4F6N2O/c12-5-2-7(14)6(13)1-4(5)8-3-9(20)19-10(18-8)11(15,16)17/h1-3H,(H,18,19,20). The third-order valence-corrected chi connectivity index (χ3v) is 2.30. The fourth-order valence-electron chi connectivity index (χ4n) is 1.45. The van der Waals surface area contributed by atoms with Gasteiger partial charge in [0.15, 0.2) is 11.6 Å². The lowest BCUT2D eigenvalue weighted by atomic mass is 10.1. The Bertz CT molecular complexity index is 722. The zero-order valence-electron chi connectivity index (χ0n) is 9.36. The highest BCUT2D eigenvalue weighted by atomic mass is 19.4. The van der Waals surface area contributed by atoms with Crippen molar-refractivity contribution in [2.75, 3.05) is 0 Å². The van der Waals surface area contributed by atoms with E-state index in [-0.39, 0.29) is 6.07 Å². The van der Waals surface area contributed by atoms with Crippen LogP contribution in [-0.4, -0.2) is 9.97 Å². The molecule has 0 atom stereocenters. The molecule has 0 spiro atoms. The van der Waals surface area contributed by atoms with E-state index in [1.807, 2.05) is 0 Å². The van der Waals surface area contributed by atoms with Gasteiger partial charge < -0.3 is 4.98 Å². The molecule has 3 nitrogen and oxygen atoms in total. The molecule has 1 heterocycles. The third kappa shape index (κ3) is 2.65. The summed E-state index contributed by atoms with van der Waals surface area (Å²) in [5.74, 6) is -5.98. The van der Waals surface area contributed by atoms with Crippen LogP contribution in [0.4, 0.5) is 26.3 Å². The summed E-state index contributed by atoms with van der Waals surface area (Å²) < 4.78 is 76.5. The first-order chi connectivity index (χ1) is 9.18. The van der Waals surface area contributed by atoms with Crippen LogP contribution in [0.25, 0.3) is 11.3 Å². The van der Waals surface area contributed by atoms with Crippen LogP contribution in [0, 0.1) is 17.5 Å². The van der Waals surface area contributed by atoms with Gasteiger partial charge in [0.25, 0.3) is 5.56 Å². The van der Waals surface area contributed by atoms with Gasteiger partial charge in [-0.1, -0.05) is 0 Å². The van der Waals surface area contributed by atoms with Gasteiger partial charge in [-0.25, -0.2) is 18.2 Å². The zero-order chi connectivity index (χ0) is 15.1. The topological polar surface area (TPSA) is 45.8 Å². The molecule has 0 saturated heterocycles. The molecular formula is C11H4F6N2O. The highest BCUT2D eigenvalue weighted by molar-refractivity contribution is 5.59. The number of alkyl halides is 3. The number of hydrogen-bond donors (Lipinski definition) is 1. The summed E-state index contributed by atoms with van der Waals surface area (Å²) in [6, 6.07) is 1.03. The molecule has 106 valence electrons. The van der Waals surface area contributed by atoms with Crippen LogP contribution in [0.2, 0.25) is 0 Å². The van der Waals surface area contributed by atoms with Crippen LogP contribution in [0.15, 0.2) is 23.0 Å². The van der Waals surface area contributed by atoms with Crippen molar-refractivity contribution in [1.82, 2.24) is 9.97 Å². The number of H-pyrrole nitrogens is 1. The first-order valence-corrected chi connectivity index (χ1v) is 5.02. The minimum absolute atomic E-state index is 0.154. The van der Waals surface area contributed by atoms with Crippen LogP contribution < -0.4 is 5.56 Å². The second-order valence-corrected chi connectivity index (χ2v) is 3.72. The number of aromatic nitrogens is 2. The van der Waals surface area contributed by atoms with E-state index in [0.717, 1.165) is 0 Å². The Morgan fingerprint density at radius 2 is 1.55 bits per heavy atom. The lowest BCUT2D eigenvalue weighted by Gasteiger charge is -2.08. The summed E-state index contributed by atoms with van der Waals surface area (Å²) in [6.45, 7) is 0. The average molecular weight is 294 g/mol. The number of aromatic amines is 1. The molecule has 2 aromatic rings. The largest absolute Gasteiger partial charge is 0.449 e. The highest BCUT2D eigenvalue weighted by Gasteiger charge is 2.34. The molecule has 0 aliphatic heterocycles. The molecule has 2 rings (SSSR count). The normalized spacial score (nSPS) is 11.7. The molecule has 0 radical (unpaired) electrons. The Morgan fingerprint density at radius 3 is 2.15 bits per heavy atom. The van der Waals surface area contributed by atoms with Gasteiger partial charge in [0.05, 0.1) is 5.69 Å². The zero-order valence-corrected chi connectivity index (χ0v) is 9.36. The fraction of sp³-hybridized carbons (Fsp3) is 0.0909. The summed E-state index contributed by atoms with van der Waals surface area (Å²) in [7, 11) is 0. The molecule has 0 aliphatic carbocycles. The summed E-state index contributed by atoms with van der Waals surface area (Å²) in [5.41, 5.74) is -2.70. The van der Waals surface area contributed by atoms with Gasteiger partial charge in [-0.3, -0.25) is 4.79 Å². The molecule has 0 fully saturated rings. The van der Waals surface area contributed by atoms with Crippen molar-refractivity contribution in [3.63, 3.8) is 0 Å². The number of hydrogen-bond acceptors (Lipinski definition) is 2. The molecule has 0 bridgehead atoms. The number of benzene rings is 1. The van der Waals surface area contributed by atoms with Crippen molar-refractivity contribution in [3.8, 4) is 11.3 Å². The maximum absolute atomic E-state index is 13.4. The molecule has 0 unspecified atom stereocenters. The molecule has 9 heteroatoms. The van der Waals surface area contributed by atoms with Gasteiger partial charge >= 0.3 is 6.18 Å². The van der Waals surface area contributed by atoms with Crippen LogP contribution >= 0.6 is 0 Å². The molecule has 20 heavy (non-hydrogen) atoms. The lowest BCUT2D eigenvalue weighted by molar-refractivity contribution is -0.145. The van der Waals surface area contributed by atoms with E-state index in [4.69, 9.17) is 0 Å². The van der Waals surface area contributed by atoms with E-state index in [2.05, 4.69) is 4.98 Å². The Hall–Kier alpha value is -2.32. The first kappa shape index (κ1) is 14.1. The second kappa shape index (κ2) is 4.66. The summed E-state index contributed by atoms with van der Waals surface area (Å²) in [4.78, 5) is 15.5. The Morgan fingerprint density at radius 1 is 0.950 bits per heavy atom. The van der Waals surface area contributed by atoms with Gasteiger partial charge in [-0.05, 0) is 6.07 Å². The smallest absolute Gasteiger partial charge is 0.303 e. The van der Waals surface area contributed by atoms with Crippen LogP contribution in [0.5, 0.6) is 0 Å². The Kier molecular flexibility index (Phi) is 3.28. The summed E-state index contributed by atoms with van der Waals surface area (Å²) in [5, 5.41) is 0. The first-order valence-electron chi connectivity index (χ1n) is 5.02. The van der Waals surface area contributed by atoms with E-state index in [1.54, 1.807) is 0 Å². The Balaban J connectivity index is 2.68. The molecule has 1 aromatic carbocycles. The molecule has 0 aliphatic rings. The fourth-order valence-corrected chi connectivity index (χ4v) is 1.45. The quantitative estimate of drug-likeness (QED) is 0.649. The Labute approximate surface area is 106 Å². The third-order valence-electron chi connectivity index (χ3n) is 2.30. The van der Waals surface area contributed by atoms with Crippen molar-refractivity contribution in [2.45, 2.75) is 6.18 Å². The van der Waals surface area contributed by atoms with Crippen molar-refractivity contribution >= 4 is 0 Å².